The number of amides is 2. The van der Waals surface area contributed by atoms with E-state index in [9.17, 15) is 18.0 Å². The molecule has 1 atom stereocenters. The molecule has 0 aliphatic carbocycles. The molecule has 2 amide bonds. The highest BCUT2D eigenvalue weighted by Gasteiger charge is 2.31. The second-order valence-corrected chi connectivity index (χ2v) is 11.2. The summed E-state index contributed by atoms with van der Waals surface area (Å²) in [7, 11) is -3.86. The van der Waals surface area contributed by atoms with E-state index in [1.807, 2.05) is 6.92 Å². The number of nitrogens with zero attached hydrogens (tertiary/aromatic N) is 2. The normalized spacial score (nSPS) is 12.2. The molecule has 0 aliphatic heterocycles. The Kier molecular flexibility index (Phi) is 11.1. The Labute approximate surface area is 222 Å². The predicted molar refractivity (Wildman–Crippen MR) is 143 cm³/mol. The molecule has 0 saturated heterocycles. The number of anilines is 1. The van der Waals surface area contributed by atoms with E-state index in [2.05, 4.69) is 5.32 Å². The molecule has 0 unspecified atom stereocenters. The predicted octanol–water partition coefficient (Wildman–Crippen LogP) is 5.14. The van der Waals surface area contributed by atoms with Gasteiger partial charge in [0.05, 0.1) is 22.0 Å². The van der Waals surface area contributed by atoms with Crippen LogP contribution in [0.3, 0.4) is 0 Å². The minimum absolute atomic E-state index is 0.106. The van der Waals surface area contributed by atoms with Crippen molar-refractivity contribution in [2.45, 2.75) is 45.7 Å². The van der Waals surface area contributed by atoms with Gasteiger partial charge in [0.15, 0.2) is 0 Å². The molecule has 0 saturated carbocycles. The highest BCUT2D eigenvalue weighted by Crippen LogP contribution is 2.28. The van der Waals surface area contributed by atoms with Gasteiger partial charge in [-0.1, -0.05) is 67.2 Å². The second-order valence-electron chi connectivity index (χ2n) is 8.08. The molecular weight excluding hydrogens is 533 g/mol. The van der Waals surface area contributed by atoms with Crippen molar-refractivity contribution in [1.82, 2.24) is 10.2 Å². The van der Waals surface area contributed by atoms with Gasteiger partial charge in [-0.05, 0) is 48.7 Å². The molecule has 11 heteroatoms. The number of benzene rings is 2. The van der Waals surface area contributed by atoms with Crippen molar-refractivity contribution < 1.29 is 18.0 Å². The summed E-state index contributed by atoms with van der Waals surface area (Å²) in [5, 5.41) is 3.83. The fraction of sp³-hybridized carbons (Fsp3) is 0.417. The molecule has 0 aromatic heterocycles. The largest absolute Gasteiger partial charge is 0.354 e. The van der Waals surface area contributed by atoms with Gasteiger partial charge in [0.1, 0.15) is 12.6 Å². The molecule has 35 heavy (non-hydrogen) atoms. The molecule has 0 heterocycles. The van der Waals surface area contributed by atoms with Gasteiger partial charge in [-0.25, -0.2) is 8.42 Å². The van der Waals surface area contributed by atoms with E-state index in [0.29, 0.717) is 18.0 Å². The van der Waals surface area contributed by atoms with Crippen LogP contribution in [0.25, 0.3) is 0 Å². The lowest BCUT2D eigenvalue weighted by Gasteiger charge is -2.33. The van der Waals surface area contributed by atoms with Crippen LogP contribution in [0.4, 0.5) is 5.69 Å². The van der Waals surface area contributed by atoms with E-state index in [-0.39, 0.29) is 28.2 Å². The van der Waals surface area contributed by atoms with Gasteiger partial charge < -0.3 is 10.2 Å². The van der Waals surface area contributed by atoms with Crippen molar-refractivity contribution in [1.29, 1.82) is 0 Å². The summed E-state index contributed by atoms with van der Waals surface area (Å²) in [5.74, 6) is -0.822. The second kappa shape index (κ2) is 13.3. The van der Waals surface area contributed by atoms with Crippen molar-refractivity contribution in [3.05, 3.63) is 63.1 Å². The Morgan fingerprint density at radius 2 is 1.66 bits per heavy atom. The Morgan fingerprint density at radius 3 is 2.20 bits per heavy atom. The maximum Gasteiger partial charge on any atom is 0.244 e. The smallest absolute Gasteiger partial charge is 0.244 e. The Balaban J connectivity index is 2.41. The van der Waals surface area contributed by atoms with E-state index in [1.54, 1.807) is 31.2 Å². The summed E-state index contributed by atoms with van der Waals surface area (Å²) in [6.45, 7) is 3.91. The molecule has 0 fully saturated rings. The van der Waals surface area contributed by atoms with Gasteiger partial charge in [-0.2, -0.15) is 0 Å². The molecule has 0 spiro atoms. The van der Waals surface area contributed by atoms with Crippen LogP contribution in [0.5, 0.6) is 0 Å². The summed E-state index contributed by atoms with van der Waals surface area (Å²) >= 11 is 18.1. The highest BCUT2D eigenvalue weighted by molar-refractivity contribution is 7.92. The maximum absolute atomic E-state index is 13.6. The zero-order valence-electron chi connectivity index (χ0n) is 19.9. The number of sulfonamides is 1. The number of hydrogen-bond donors (Lipinski definition) is 1. The lowest BCUT2D eigenvalue weighted by Crippen LogP contribution is -2.52. The average Bonchev–Trinajstić information content (AvgIpc) is 2.80. The molecule has 2 rings (SSSR count). The first-order valence-electron chi connectivity index (χ1n) is 11.2. The number of unbranched alkanes of at least 4 members (excludes halogenated alkanes) is 1. The molecule has 0 aliphatic rings. The first kappa shape index (κ1) is 29.2. The van der Waals surface area contributed by atoms with Crippen molar-refractivity contribution >= 4 is 62.3 Å². The number of rotatable bonds is 12. The van der Waals surface area contributed by atoms with Gasteiger partial charge in [0.25, 0.3) is 0 Å². The number of halogens is 3. The van der Waals surface area contributed by atoms with E-state index in [4.69, 9.17) is 34.8 Å². The fourth-order valence-electron chi connectivity index (χ4n) is 3.47. The fourth-order valence-corrected chi connectivity index (χ4v) is 4.73. The molecule has 0 bridgehead atoms. The number of carbonyl (C=O) groups is 2. The zero-order chi connectivity index (χ0) is 26.2. The van der Waals surface area contributed by atoms with Crippen LogP contribution >= 0.6 is 34.8 Å². The topological polar surface area (TPSA) is 86.8 Å². The SMILES string of the molecule is CCCCNC(=O)[C@@H](CC)N(Cc1ccc(Cl)cc1)C(=O)CN(c1ccc(Cl)c(Cl)c1)S(C)(=O)=O. The average molecular weight is 563 g/mol. The lowest BCUT2D eigenvalue weighted by molar-refractivity contribution is -0.140. The third-order valence-electron chi connectivity index (χ3n) is 5.35. The molecule has 2 aromatic carbocycles. The van der Waals surface area contributed by atoms with Crippen molar-refractivity contribution in [2.75, 3.05) is 23.7 Å². The molecule has 7 nitrogen and oxygen atoms in total. The van der Waals surface area contributed by atoms with E-state index >= 15 is 0 Å². The number of nitrogens with one attached hydrogen (secondary N) is 1. The van der Waals surface area contributed by atoms with Crippen LogP contribution < -0.4 is 9.62 Å². The van der Waals surface area contributed by atoms with E-state index < -0.39 is 28.5 Å². The van der Waals surface area contributed by atoms with Crippen LogP contribution in [0, 0.1) is 0 Å². The molecule has 0 radical (unpaired) electrons. The first-order chi connectivity index (χ1) is 16.5. The van der Waals surface area contributed by atoms with Crippen LogP contribution in [0.2, 0.25) is 15.1 Å². The number of carbonyl (C=O) groups excluding carboxylic acids is 2. The van der Waals surface area contributed by atoms with E-state index in [1.165, 1.54) is 23.1 Å². The summed E-state index contributed by atoms with van der Waals surface area (Å²) < 4.78 is 26.2. The third-order valence-corrected chi connectivity index (χ3v) is 7.48. The quantitative estimate of drug-likeness (QED) is 0.363. The molecular formula is C24H30Cl3N3O4S. The van der Waals surface area contributed by atoms with Crippen LogP contribution in [-0.2, 0) is 26.2 Å². The molecule has 2 aromatic rings. The monoisotopic (exact) mass is 561 g/mol. The Morgan fingerprint density at radius 1 is 1.00 bits per heavy atom. The van der Waals surface area contributed by atoms with Gasteiger partial charge in [0.2, 0.25) is 21.8 Å². The van der Waals surface area contributed by atoms with E-state index in [0.717, 1.165) is 29.0 Å². The van der Waals surface area contributed by atoms with Crippen LogP contribution in [0.15, 0.2) is 42.5 Å². The zero-order valence-corrected chi connectivity index (χ0v) is 23.0. The van der Waals surface area contributed by atoms with Crippen LogP contribution in [-0.4, -0.2) is 50.5 Å². The van der Waals surface area contributed by atoms with Gasteiger partial charge >= 0.3 is 0 Å². The van der Waals surface area contributed by atoms with Crippen molar-refractivity contribution in [3.8, 4) is 0 Å². The summed E-state index contributed by atoms with van der Waals surface area (Å²) in [6, 6.07) is 10.4. The van der Waals surface area contributed by atoms with Gasteiger partial charge in [-0.15, -0.1) is 0 Å². The summed E-state index contributed by atoms with van der Waals surface area (Å²) in [4.78, 5) is 28.0. The van der Waals surface area contributed by atoms with Gasteiger partial charge in [0, 0.05) is 18.1 Å². The van der Waals surface area contributed by atoms with Crippen molar-refractivity contribution in [2.24, 2.45) is 0 Å². The summed E-state index contributed by atoms with van der Waals surface area (Å²) in [6.07, 6.45) is 3.08. The maximum atomic E-state index is 13.6. The Hall–Kier alpha value is -2.00. The lowest BCUT2D eigenvalue weighted by atomic mass is 10.1. The summed E-state index contributed by atoms with van der Waals surface area (Å²) in [5.41, 5.74) is 0.949. The Bertz CT molecular complexity index is 1130. The standard InChI is InChI=1S/C24H30Cl3N3O4S/c1-4-6-13-28-24(32)22(5-2)29(15-17-7-9-18(25)10-8-17)23(31)16-30(35(3,33)34)19-11-12-20(26)21(27)14-19/h7-12,14,22H,4-6,13,15-16H2,1-3H3,(H,28,32)/t22-/m1/s1. The molecule has 1 N–H and O–H groups in total. The minimum atomic E-state index is -3.86. The number of hydrogen-bond acceptors (Lipinski definition) is 4. The molecule has 192 valence electrons. The van der Waals surface area contributed by atoms with Crippen LogP contribution in [0.1, 0.15) is 38.7 Å². The van der Waals surface area contributed by atoms with Gasteiger partial charge in [-0.3, -0.25) is 13.9 Å². The van der Waals surface area contributed by atoms with Crippen molar-refractivity contribution in [3.63, 3.8) is 0 Å². The highest BCUT2D eigenvalue weighted by atomic mass is 35.5. The minimum Gasteiger partial charge on any atom is -0.354 e. The third kappa shape index (κ3) is 8.56. The first-order valence-corrected chi connectivity index (χ1v) is 14.2.